The highest BCUT2D eigenvalue weighted by Gasteiger charge is 2.49. The number of phosphoric ester groups is 2. The molecule has 0 spiro atoms. The first-order chi connectivity index (χ1) is 20.1. The Balaban J connectivity index is 1.48. The van der Waals surface area contributed by atoms with Crippen molar-refractivity contribution in [3.8, 4) is 0 Å². The van der Waals surface area contributed by atoms with Crippen molar-refractivity contribution in [1.82, 2.24) is 14.5 Å². The zero-order chi connectivity index (χ0) is 33.0. The minimum absolute atomic E-state index is 0.0852. The van der Waals surface area contributed by atoms with Crippen molar-refractivity contribution in [3.05, 3.63) is 12.7 Å². The standard InChI is InChI=1S/C15H25N5O20P4/c16-12-7-13(18-4-19(12)14-10(23)8(21)5(37-14)1-35-41(25,26)27)20(3-17-7)15-11(24)9(22)6(38-15)2-36-43(31,32)40-44(33,34)39-42(28,29)30/h3-6,8-11,14-16,21-24H,1-2H2,(H6,25,26,27,28,29,30,31,32,33,34)/p+1. The van der Waals surface area contributed by atoms with E-state index in [1.54, 1.807) is 0 Å². The number of imidazole rings is 1. The first kappa shape index (κ1) is 35.5. The van der Waals surface area contributed by atoms with E-state index in [2.05, 4.69) is 27.6 Å². The minimum Gasteiger partial charge on any atom is -0.387 e. The Morgan fingerprint density at radius 3 is 2.00 bits per heavy atom. The largest absolute Gasteiger partial charge is 0.490 e. The van der Waals surface area contributed by atoms with Gasteiger partial charge in [0.15, 0.2) is 11.7 Å². The van der Waals surface area contributed by atoms with E-state index in [1.165, 1.54) is 0 Å². The van der Waals surface area contributed by atoms with Crippen LogP contribution in [0.15, 0.2) is 12.7 Å². The van der Waals surface area contributed by atoms with Gasteiger partial charge in [-0.05, 0) is 0 Å². The monoisotopic (exact) mass is 720 g/mol. The molecule has 2 aliphatic rings. The number of aliphatic hydroxyl groups excluding tert-OH is 4. The first-order valence-electron chi connectivity index (χ1n) is 11.6. The molecule has 12 N–H and O–H groups in total. The van der Waals surface area contributed by atoms with Crippen molar-refractivity contribution in [2.45, 2.75) is 49.1 Å². The molecule has 2 aliphatic heterocycles. The summed E-state index contributed by atoms with van der Waals surface area (Å²) in [6.07, 6.45) is -10.8. The summed E-state index contributed by atoms with van der Waals surface area (Å²) in [7, 11) is -21.9. The van der Waals surface area contributed by atoms with Gasteiger partial charge in [0.25, 0.3) is 5.82 Å². The van der Waals surface area contributed by atoms with E-state index in [-0.39, 0.29) is 17.0 Å². The maximum Gasteiger partial charge on any atom is 0.490 e. The summed E-state index contributed by atoms with van der Waals surface area (Å²) in [6.45, 7) is -1.86. The second-order valence-corrected chi connectivity index (χ2v) is 14.8. The lowest BCUT2D eigenvalue weighted by Gasteiger charge is -2.19. The first-order valence-corrected chi connectivity index (χ1v) is 17.7. The van der Waals surface area contributed by atoms with Gasteiger partial charge in [-0.2, -0.15) is 8.62 Å². The van der Waals surface area contributed by atoms with E-state index in [4.69, 9.17) is 34.8 Å². The van der Waals surface area contributed by atoms with E-state index in [1.807, 2.05) is 0 Å². The van der Waals surface area contributed by atoms with Gasteiger partial charge in [-0.15, -0.1) is 0 Å². The molecule has 250 valence electrons. The van der Waals surface area contributed by atoms with Gasteiger partial charge in [-0.3, -0.25) is 13.6 Å². The smallest absolute Gasteiger partial charge is 0.387 e. The molecule has 0 aromatic carbocycles. The Hall–Kier alpha value is -1.37. The number of nitrogens with zero attached hydrogens (tertiary/aromatic N) is 4. The summed E-state index contributed by atoms with van der Waals surface area (Å²) >= 11 is 0. The van der Waals surface area contributed by atoms with Crippen LogP contribution in [-0.2, 0) is 45.4 Å². The number of phosphoric acid groups is 4. The molecule has 0 aliphatic carbocycles. The van der Waals surface area contributed by atoms with Crippen molar-refractivity contribution in [1.29, 1.82) is 0 Å². The molecule has 10 unspecified atom stereocenters. The topological polar surface area (TPSA) is 387 Å². The molecule has 2 fully saturated rings. The van der Waals surface area contributed by atoms with Crippen molar-refractivity contribution >= 4 is 48.3 Å². The summed E-state index contributed by atoms with van der Waals surface area (Å²) in [4.78, 5) is 61.9. The number of aromatic nitrogens is 4. The Kier molecular flexibility index (Phi) is 10.2. The fourth-order valence-corrected chi connectivity index (χ4v) is 7.56. The van der Waals surface area contributed by atoms with Crippen LogP contribution in [0, 0.1) is 0 Å². The molecule has 2 saturated heterocycles. The molecule has 0 amide bonds. The summed E-state index contributed by atoms with van der Waals surface area (Å²) < 4.78 is 74.2. The summed E-state index contributed by atoms with van der Waals surface area (Å²) in [5, 5.41) is 41.6. The minimum atomic E-state index is -5.81. The summed E-state index contributed by atoms with van der Waals surface area (Å²) in [5.41, 5.74) is 5.98. The van der Waals surface area contributed by atoms with Crippen LogP contribution in [0.2, 0.25) is 0 Å². The van der Waals surface area contributed by atoms with Crippen LogP contribution in [-0.4, -0.2) is 114 Å². The highest BCUT2D eigenvalue weighted by molar-refractivity contribution is 7.66. The predicted octanol–water partition coefficient (Wildman–Crippen LogP) is -4.01. The number of nitrogen functional groups attached to an aromatic ring is 1. The maximum atomic E-state index is 12.0. The number of ether oxygens (including phenoxy) is 2. The molecular weight excluding hydrogens is 694 g/mol. The van der Waals surface area contributed by atoms with Gasteiger partial charge in [0.05, 0.1) is 13.2 Å². The third-order valence-corrected chi connectivity index (χ3v) is 10.3. The van der Waals surface area contributed by atoms with Gasteiger partial charge in [-0.25, -0.2) is 27.8 Å². The Bertz CT molecular complexity index is 1560. The van der Waals surface area contributed by atoms with Crippen LogP contribution in [0.4, 0.5) is 5.82 Å². The van der Waals surface area contributed by atoms with E-state index >= 15 is 0 Å². The number of hydrogen-bond acceptors (Lipinski definition) is 17. The number of anilines is 1. The number of aliphatic hydroxyl groups is 4. The quantitative estimate of drug-likeness (QED) is 0.0735. The van der Waals surface area contributed by atoms with Crippen LogP contribution in [0.5, 0.6) is 0 Å². The molecule has 10 atom stereocenters. The van der Waals surface area contributed by atoms with Crippen molar-refractivity contribution in [2.24, 2.45) is 0 Å². The molecule has 2 aromatic heterocycles. The van der Waals surface area contributed by atoms with E-state index in [0.717, 1.165) is 21.8 Å². The lowest BCUT2D eigenvalue weighted by atomic mass is 10.1. The second kappa shape index (κ2) is 12.7. The van der Waals surface area contributed by atoms with Gasteiger partial charge in [-0.1, -0.05) is 4.98 Å². The van der Waals surface area contributed by atoms with E-state index in [9.17, 15) is 48.5 Å². The normalized spacial score (nSPS) is 32.6. The zero-order valence-electron chi connectivity index (χ0n) is 21.4. The summed E-state index contributed by atoms with van der Waals surface area (Å²) in [5.74, 6) is -0.223. The van der Waals surface area contributed by atoms with Crippen molar-refractivity contribution in [3.63, 3.8) is 0 Å². The number of rotatable bonds is 12. The van der Waals surface area contributed by atoms with E-state index in [0.29, 0.717) is 0 Å². The lowest BCUT2D eigenvalue weighted by Crippen LogP contribution is -2.48. The van der Waals surface area contributed by atoms with Crippen LogP contribution in [0.25, 0.3) is 11.2 Å². The van der Waals surface area contributed by atoms with Gasteiger partial charge in [0.2, 0.25) is 18.2 Å². The van der Waals surface area contributed by atoms with Gasteiger partial charge in [0, 0.05) is 0 Å². The predicted molar refractivity (Wildman–Crippen MR) is 132 cm³/mol. The van der Waals surface area contributed by atoms with Crippen LogP contribution >= 0.6 is 31.3 Å². The average Bonchev–Trinajstić information content (AvgIpc) is 3.50. The number of nitrogens with two attached hydrogens (primary N) is 1. The Morgan fingerprint density at radius 2 is 1.39 bits per heavy atom. The fraction of sp³-hybridized carbons (Fsp3) is 0.667. The zero-order valence-corrected chi connectivity index (χ0v) is 25.0. The highest BCUT2D eigenvalue weighted by Crippen LogP contribution is 2.66. The molecule has 0 radical (unpaired) electrons. The van der Waals surface area contributed by atoms with Gasteiger partial charge in [0.1, 0.15) is 43.0 Å². The molecule has 4 rings (SSSR count). The average molecular weight is 720 g/mol. The molecule has 0 saturated carbocycles. The van der Waals surface area contributed by atoms with Gasteiger partial charge >= 0.3 is 31.3 Å². The maximum absolute atomic E-state index is 12.0. The molecule has 25 nitrogen and oxygen atoms in total. The van der Waals surface area contributed by atoms with Crippen LogP contribution in [0.1, 0.15) is 12.5 Å². The highest BCUT2D eigenvalue weighted by atomic mass is 31.3. The molecule has 2 aromatic rings. The third kappa shape index (κ3) is 8.12. The molecule has 0 bridgehead atoms. The number of fused-ring (bicyclic) bond motifs is 1. The molecule has 44 heavy (non-hydrogen) atoms. The van der Waals surface area contributed by atoms with E-state index < -0.39 is 93.6 Å². The summed E-state index contributed by atoms with van der Waals surface area (Å²) in [6, 6.07) is 0. The molecular formula is C15H26N5O20P4+. The van der Waals surface area contributed by atoms with Crippen LogP contribution in [0.3, 0.4) is 0 Å². The van der Waals surface area contributed by atoms with Crippen molar-refractivity contribution in [2.75, 3.05) is 18.9 Å². The number of hydrogen-bond donors (Lipinski definition) is 11. The Morgan fingerprint density at radius 1 is 0.795 bits per heavy atom. The lowest BCUT2D eigenvalue weighted by molar-refractivity contribution is -0.755. The van der Waals surface area contributed by atoms with Crippen molar-refractivity contribution < 1.29 is 99.8 Å². The van der Waals surface area contributed by atoms with Crippen LogP contribution < -0.4 is 10.3 Å². The second-order valence-electron chi connectivity index (χ2n) is 9.13. The third-order valence-electron chi connectivity index (χ3n) is 6.04. The van der Waals surface area contributed by atoms with Gasteiger partial charge < -0.3 is 65.0 Å². The SMILES string of the molecule is Nc1c2ncn(C3OC(COP(=O)(O)OP(=O)(O)OP(=O)(O)O)C(O)C3O)c2nc[n+]1C1OC(COP(=O)(O)O)C(O)C1O. The fourth-order valence-electron chi connectivity index (χ4n) is 4.19. The molecule has 4 heterocycles. The Labute approximate surface area is 243 Å². The molecule has 29 heteroatoms.